The van der Waals surface area contributed by atoms with E-state index < -0.39 is 17.7 Å². The van der Waals surface area contributed by atoms with Gasteiger partial charge in [-0.2, -0.15) is 0 Å². The first kappa shape index (κ1) is 13.6. The third-order valence-corrected chi connectivity index (χ3v) is 3.11. The van der Waals surface area contributed by atoms with E-state index in [2.05, 4.69) is 0 Å². The van der Waals surface area contributed by atoms with E-state index in [-0.39, 0.29) is 17.8 Å². The standard InChI is InChI=1S/C15H14F3N/c1-9-2-3-11(16)6-10(9)7-15(19)13-8-12(17)4-5-14(13)18/h2-6,8,15H,7,19H2,1H3. The summed E-state index contributed by atoms with van der Waals surface area (Å²) >= 11 is 0. The van der Waals surface area contributed by atoms with Gasteiger partial charge in [-0.15, -0.1) is 0 Å². The third kappa shape index (κ3) is 3.15. The Kier molecular flexibility index (Phi) is 3.90. The van der Waals surface area contributed by atoms with Gasteiger partial charge in [-0.25, -0.2) is 13.2 Å². The van der Waals surface area contributed by atoms with E-state index in [1.165, 1.54) is 12.1 Å². The van der Waals surface area contributed by atoms with Gasteiger partial charge in [-0.05, 0) is 54.8 Å². The Morgan fingerprint density at radius 3 is 2.37 bits per heavy atom. The number of hydrogen-bond acceptors (Lipinski definition) is 1. The Hall–Kier alpha value is -1.81. The van der Waals surface area contributed by atoms with E-state index in [0.717, 1.165) is 23.8 Å². The van der Waals surface area contributed by atoms with Gasteiger partial charge in [0.15, 0.2) is 0 Å². The van der Waals surface area contributed by atoms with Crippen LogP contribution in [0.1, 0.15) is 22.7 Å². The molecule has 1 unspecified atom stereocenters. The predicted molar refractivity (Wildman–Crippen MR) is 68.1 cm³/mol. The number of rotatable bonds is 3. The highest BCUT2D eigenvalue weighted by Crippen LogP contribution is 2.22. The first-order chi connectivity index (χ1) is 8.97. The molecule has 4 heteroatoms. The normalized spacial score (nSPS) is 12.5. The zero-order valence-corrected chi connectivity index (χ0v) is 10.5. The zero-order chi connectivity index (χ0) is 14.0. The van der Waals surface area contributed by atoms with Crippen LogP contribution in [-0.4, -0.2) is 0 Å². The van der Waals surface area contributed by atoms with Crippen molar-refractivity contribution in [1.82, 2.24) is 0 Å². The predicted octanol–water partition coefficient (Wildman–Crippen LogP) is 3.65. The van der Waals surface area contributed by atoms with Crippen molar-refractivity contribution >= 4 is 0 Å². The SMILES string of the molecule is Cc1ccc(F)cc1CC(N)c1cc(F)ccc1F. The van der Waals surface area contributed by atoms with Crippen LogP contribution in [0.5, 0.6) is 0 Å². The van der Waals surface area contributed by atoms with Gasteiger partial charge in [-0.3, -0.25) is 0 Å². The van der Waals surface area contributed by atoms with Crippen LogP contribution in [0.4, 0.5) is 13.2 Å². The summed E-state index contributed by atoms with van der Waals surface area (Å²) in [4.78, 5) is 0. The summed E-state index contributed by atoms with van der Waals surface area (Å²) in [5, 5.41) is 0. The van der Waals surface area contributed by atoms with Crippen LogP contribution < -0.4 is 5.73 Å². The Morgan fingerprint density at radius 1 is 1.00 bits per heavy atom. The van der Waals surface area contributed by atoms with Crippen molar-refractivity contribution in [1.29, 1.82) is 0 Å². The lowest BCUT2D eigenvalue weighted by atomic mass is 9.96. The first-order valence-corrected chi connectivity index (χ1v) is 5.93. The van der Waals surface area contributed by atoms with E-state index in [4.69, 9.17) is 5.73 Å². The van der Waals surface area contributed by atoms with Crippen LogP contribution in [-0.2, 0) is 6.42 Å². The molecule has 0 radical (unpaired) electrons. The summed E-state index contributed by atoms with van der Waals surface area (Å²) in [5.41, 5.74) is 7.55. The van der Waals surface area contributed by atoms with Gasteiger partial charge >= 0.3 is 0 Å². The van der Waals surface area contributed by atoms with Crippen molar-refractivity contribution in [2.75, 3.05) is 0 Å². The molecule has 0 bridgehead atoms. The minimum absolute atomic E-state index is 0.101. The molecule has 0 saturated heterocycles. The van der Waals surface area contributed by atoms with Crippen molar-refractivity contribution < 1.29 is 13.2 Å². The number of hydrogen-bond donors (Lipinski definition) is 1. The van der Waals surface area contributed by atoms with Crippen molar-refractivity contribution in [3.8, 4) is 0 Å². The van der Waals surface area contributed by atoms with Gasteiger partial charge in [-0.1, -0.05) is 6.07 Å². The molecule has 0 aliphatic heterocycles. The highest BCUT2D eigenvalue weighted by Gasteiger charge is 2.14. The Labute approximate surface area is 109 Å². The molecule has 0 saturated carbocycles. The minimum Gasteiger partial charge on any atom is -0.324 e. The fourth-order valence-electron chi connectivity index (χ4n) is 2.01. The lowest BCUT2D eigenvalue weighted by Crippen LogP contribution is -2.16. The summed E-state index contributed by atoms with van der Waals surface area (Å²) in [6, 6.07) is 6.81. The molecule has 0 aromatic heterocycles. The largest absolute Gasteiger partial charge is 0.324 e. The lowest BCUT2D eigenvalue weighted by Gasteiger charge is -2.15. The average molecular weight is 265 g/mol. The molecule has 1 atom stereocenters. The van der Waals surface area contributed by atoms with Crippen LogP contribution in [0.25, 0.3) is 0 Å². The lowest BCUT2D eigenvalue weighted by molar-refractivity contribution is 0.559. The summed E-state index contributed by atoms with van der Waals surface area (Å²) in [6.45, 7) is 1.82. The molecule has 19 heavy (non-hydrogen) atoms. The monoisotopic (exact) mass is 265 g/mol. The third-order valence-electron chi connectivity index (χ3n) is 3.11. The minimum atomic E-state index is -0.712. The topological polar surface area (TPSA) is 26.0 Å². The highest BCUT2D eigenvalue weighted by atomic mass is 19.1. The summed E-state index contributed by atoms with van der Waals surface area (Å²) < 4.78 is 39.9. The quantitative estimate of drug-likeness (QED) is 0.900. The van der Waals surface area contributed by atoms with Crippen LogP contribution in [0, 0.1) is 24.4 Å². The summed E-state index contributed by atoms with van der Waals surface area (Å²) in [7, 11) is 0. The molecular weight excluding hydrogens is 251 g/mol. The number of aryl methyl sites for hydroxylation is 1. The maximum atomic E-state index is 13.6. The molecule has 2 aromatic rings. The van der Waals surface area contributed by atoms with Gasteiger partial charge in [0.2, 0.25) is 0 Å². The van der Waals surface area contributed by atoms with E-state index >= 15 is 0 Å². The average Bonchev–Trinajstić information content (AvgIpc) is 2.36. The fourth-order valence-corrected chi connectivity index (χ4v) is 2.01. The molecule has 0 spiro atoms. The maximum absolute atomic E-state index is 13.6. The molecule has 0 amide bonds. The second-order valence-corrected chi connectivity index (χ2v) is 4.55. The van der Waals surface area contributed by atoms with Crippen LogP contribution in [0.15, 0.2) is 36.4 Å². The molecule has 100 valence electrons. The van der Waals surface area contributed by atoms with Gasteiger partial charge in [0.25, 0.3) is 0 Å². The molecule has 2 N–H and O–H groups in total. The molecule has 2 aromatic carbocycles. The van der Waals surface area contributed by atoms with E-state index in [9.17, 15) is 13.2 Å². The molecule has 2 rings (SSSR count). The maximum Gasteiger partial charge on any atom is 0.128 e. The second-order valence-electron chi connectivity index (χ2n) is 4.55. The highest BCUT2D eigenvalue weighted by molar-refractivity contribution is 5.30. The molecule has 0 aliphatic carbocycles. The van der Waals surface area contributed by atoms with E-state index in [1.54, 1.807) is 6.07 Å². The zero-order valence-electron chi connectivity index (χ0n) is 10.5. The van der Waals surface area contributed by atoms with Crippen molar-refractivity contribution in [3.05, 3.63) is 70.5 Å². The van der Waals surface area contributed by atoms with Gasteiger partial charge in [0, 0.05) is 11.6 Å². The number of benzene rings is 2. The fraction of sp³-hybridized carbons (Fsp3) is 0.200. The molecule has 0 aliphatic rings. The van der Waals surface area contributed by atoms with E-state index in [1.807, 2.05) is 6.92 Å². The van der Waals surface area contributed by atoms with Crippen molar-refractivity contribution in [2.45, 2.75) is 19.4 Å². The smallest absolute Gasteiger partial charge is 0.128 e. The summed E-state index contributed by atoms with van der Waals surface area (Å²) in [6.07, 6.45) is 0.254. The molecule has 0 heterocycles. The molecular formula is C15H14F3N. The Balaban J connectivity index is 2.27. The van der Waals surface area contributed by atoms with Gasteiger partial charge < -0.3 is 5.73 Å². The molecule has 1 nitrogen and oxygen atoms in total. The van der Waals surface area contributed by atoms with Crippen LogP contribution >= 0.6 is 0 Å². The van der Waals surface area contributed by atoms with Crippen molar-refractivity contribution in [2.24, 2.45) is 5.73 Å². The summed E-state index contributed by atoms with van der Waals surface area (Å²) in [5.74, 6) is -1.46. The van der Waals surface area contributed by atoms with E-state index in [0.29, 0.717) is 5.56 Å². The number of halogens is 3. The first-order valence-electron chi connectivity index (χ1n) is 5.93. The van der Waals surface area contributed by atoms with Gasteiger partial charge in [0.1, 0.15) is 17.5 Å². The van der Waals surface area contributed by atoms with Gasteiger partial charge in [0.05, 0.1) is 0 Å². The second kappa shape index (κ2) is 5.45. The number of nitrogens with two attached hydrogens (primary N) is 1. The molecule has 0 fully saturated rings. The Bertz CT molecular complexity index is 596. The van der Waals surface area contributed by atoms with Crippen LogP contribution in [0.3, 0.4) is 0 Å². The van der Waals surface area contributed by atoms with Crippen LogP contribution in [0.2, 0.25) is 0 Å². The van der Waals surface area contributed by atoms with Crippen molar-refractivity contribution in [3.63, 3.8) is 0 Å². The Morgan fingerprint density at radius 2 is 1.63 bits per heavy atom.